The lowest BCUT2D eigenvalue weighted by Crippen LogP contribution is -2.29. The van der Waals surface area contributed by atoms with Crippen LogP contribution < -0.4 is 11.1 Å². The molecule has 1 aliphatic carbocycles. The molecule has 1 saturated carbocycles. The number of aromatic nitrogens is 4. The lowest BCUT2D eigenvalue weighted by molar-refractivity contribution is -0.144. The standard InChI is InChI=1S/C26H28F8N6O2/c1-13(36-20(41)6-9-25(29,30)31)15-2-3-16-17(10-15)38-23(37-16)21(14-4-7-24(27,28)8-5-14)18-11-19(22(35)42)40(39-18)12-26(32,33)34/h2-3,10-11,13-14,21H,4-9,12H2,1H3,(H2,35,42)(H,36,41)(H,37,38)/t13-,21+/m1/s1. The molecule has 2 aromatic heterocycles. The summed E-state index contributed by atoms with van der Waals surface area (Å²) in [5, 5.41) is 6.50. The van der Waals surface area contributed by atoms with E-state index in [0.29, 0.717) is 21.3 Å². The van der Waals surface area contributed by atoms with E-state index in [1.165, 1.54) is 0 Å². The molecule has 4 rings (SSSR count). The molecule has 0 saturated heterocycles. The molecule has 0 unspecified atom stereocenters. The smallest absolute Gasteiger partial charge is 0.364 e. The molecule has 0 aliphatic heterocycles. The Bertz CT molecular complexity index is 1430. The van der Waals surface area contributed by atoms with Crippen LogP contribution in [0, 0.1) is 5.92 Å². The van der Waals surface area contributed by atoms with Crippen molar-refractivity contribution in [2.24, 2.45) is 11.7 Å². The predicted octanol–water partition coefficient (Wildman–Crippen LogP) is 5.90. The molecule has 42 heavy (non-hydrogen) atoms. The van der Waals surface area contributed by atoms with Gasteiger partial charge in [-0.3, -0.25) is 14.3 Å². The molecule has 16 heteroatoms. The minimum Gasteiger partial charge on any atom is -0.364 e. The summed E-state index contributed by atoms with van der Waals surface area (Å²) < 4.78 is 105. The van der Waals surface area contributed by atoms with Crippen molar-refractivity contribution in [2.45, 2.75) is 82.2 Å². The van der Waals surface area contributed by atoms with E-state index in [2.05, 4.69) is 20.4 Å². The predicted molar refractivity (Wildman–Crippen MR) is 133 cm³/mol. The maximum atomic E-state index is 14.0. The monoisotopic (exact) mass is 608 g/mol. The number of carbonyl (C=O) groups is 2. The number of halogens is 8. The molecule has 8 nitrogen and oxygen atoms in total. The fraction of sp³-hybridized carbons (Fsp3) is 0.538. The molecule has 2 atom stereocenters. The van der Waals surface area contributed by atoms with E-state index in [9.17, 15) is 44.7 Å². The summed E-state index contributed by atoms with van der Waals surface area (Å²) in [5.41, 5.74) is 6.17. The topological polar surface area (TPSA) is 119 Å². The van der Waals surface area contributed by atoms with Gasteiger partial charge in [0.2, 0.25) is 11.8 Å². The highest BCUT2D eigenvalue weighted by Crippen LogP contribution is 2.44. The van der Waals surface area contributed by atoms with E-state index in [4.69, 9.17) is 5.73 Å². The van der Waals surface area contributed by atoms with Gasteiger partial charge < -0.3 is 16.0 Å². The van der Waals surface area contributed by atoms with E-state index in [1.54, 1.807) is 25.1 Å². The molecule has 230 valence electrons. The molecule has 1 fully saturated rings. The molecule has 1 aromatic carbocycles. The summed E-state index contributed by atoms with van der Waals surface area (Å²) in [7, 11) is 0. The van der Waals surface area contributed by atoms with Crippen LogP contribution in [0.4, 0.5) is 35.1 Å². The lowest BCUT2D eigenvalue weighted by atomic mass is 9.77. The number of alkyl halides is 8. The number of fused-ring (bicyclic) bond motifs is 1. The number of H-pyrrole nitrogens is 1. The third-order valence-corrected chi connectivity index (χ3v) is 7.26. The highest BCUT2D eigenvalue weighted by atomic mass is 19.4. The number of carbonyl (C=O) groups excluding carboxylic acids is 2. The van der Waals surface area contributed by atoms with Gasteiger partial charge in [0.15, 0.2) is 0 Å². The lowest BCUT2D eigenvalue weighted by Gasteiger charge is -2.32. The van der Waals surface area contributed by atoms with Gasteiger partial charge in [0, 0.05) is 19.3 Å². The summed E-state index contributed by atoms with van der Waals surface area (Å²) in [5.74, 6) is -6.01. The zero-order valence-electron chi connectivity index (χ0n) is 22.3. The van der Waals surface area contributed by atoms with Gasteiger partial charge in [-0.25, -0.2) is 13.8 Å². The fourth-order valence-electron chi connectivity index (χ4n) is 5.19. The molecule has 3 aromatic rings. The molecule has 1 aliphatic rings. The van der Waals surface area contributed by atoms with E-state index in [0.717, 1.165) is 6.07 Å². The van der Waals surface area contributed by atoms with Crippen LogP contribution in [0.3, 0.4) is 0 Å². The number of rotatable bonds is 9. The Morgan fingerprint density at radius 2 is 1.79 bits per heavy atom. The second-order valence-corrected chi connectivity index (χ2v) is 10.6. The number of benzene rings is 1. The molecule has 0 spiro atoms. The van der Waals surface area contributed by atoms with Gasteiger partial charge in [0.05, 0.1) is 35.1 Å². The molecular formula is C26H28F8N6O2. The van der Waals surface area contributed by atoms with E-state index in [-0.39, 0.29) is 24.4 Å². The quantitative estimate of drug-likeness (QED) is 0.262. The summed E-state index contributed by atoms with van der Waals surface area (Å²) in [6.45, 7) is -0.00953. The van der Waals surface area contributed by atoms with Crippen LogP contribution in [0.25, 0.3) is 11.0 Å². The Hall–Kier alpha value is -3.72. The highest BCUT2D eigenvalue weighted by Gasteiger charge is 2.41. The van der Waals surface area contributed by atoms with Crippen LogP contribution >= 0.6 is 0 Å². The van der Waals surface area contributed by atoms with E-state index < -0.39 is 85.9 Å². The van der Waals surface area contributed by atoms with Crippen molar-refractivity contribution in [3.63, 3.8) is 0 Å². The largest absolute Gasteiger partial charge is 0.408 e. The maximum Gasteiger partial charge on any atom is 0.408 e. The minimum absolute atomic E-state index is 0.00726. The van der Waals surface area contributed by atoms with Crippen LogP contribution in [0.15, 0.2) is 24.3 Å². The molecule has 2 heterocycles. The third kappa shape index (κ3) is 7.76. The summed E-state index contributed by atoms with van der Waals surface area (Å²) in [6.07, 6.45) is -12.1. The number of nitrogens with two attached hydrogens (primary N) is 1. The first-order valence-electron chi connectivity index (χ1n) is 13.1. The first-order chi connectivity index (χ1) is 19.4. The normalized spacial score (nSPS) is 17.7. The number of hydrogen-bond acceptors (Lipinski definition) is 4. The van der Waals surface area contributed by atoms with Crippen molar-refractivity contribution in [1.82, 2.24) is 25.1 Å². The second-order valence-electron chi connectivity index (χ2n) is 10.6. The summed E-state index contributed by atoms with van der Waals surface area (Å²) in [4.78, 5) is 31.5. The Morgan fingerprint density at radius 3 is 2.38 bits per heavy atom. The van der Waals surface area contributed by atoms with Crippen LogP contribution in [0.1, 0.15) is 85.0 Å². The number of nitrogens with one attached hydrogen (secondary N) is 2. The number of aromatic amines is 1. The van der Waals surface area contributed by atoms with Crippen LogP contribution in [0.5, 0.6) is 0 Å². The SMILES string of the molecule is C[C@@H](NC(=O)CCC(F)(F)F)c1ccc2nc([C@H](c3cc(C(N)=O)n(CC(F)(F)F)n3)C3CCC(F)(F)CC3)[nH]c2c1. The molecular weight excluding hydrogens is 580 g/mol. The number of nitrogens with zero attached hydrogens (tertiary/aromatic N) is 3. The van der Waals surface area contributed by atoms with Crippen molar-refractivity contribution < 1.29 is 44.7 Å². The van der Waals surface area contributed by atoms with E-state index >= 15 is 0 Å². The fourth-order valence-corrected chi connectivity index (χ4v) is 5.19. The van der Waals surface area contributed by atoms with E-state index in [1.807, 2.05) is 0 Å². The maximum absolute atomic E-state index is 14.0. The van der Waals surface area contributed by atoms with Crippen molar-refractivity contribution in [2.75, 3.05) is 0 Å². The first-order valence-corrected chi connectivity index (χ1v) is 13.1. The molecule has 2 amide bonds. The molecule has 4 N–H and O–H groups in total. The second kappa shape index (κ2) is 11.5. The van der Waals surface area contributed by atoms with Crippen LogP contribution in [-0.2, 0) is 11.3 Å². The average molecular weight is 609 g/mol. The van der Waals surface area contributed by atoms with Crippen molar-refractivity contribution >= 4 is 22.8 Å². The third-order valence-electron chi connectivity index (χ3n) is 7.26. The molecule has 0 bridgehead atoms. The van der Waals surface area contributed by atoms with Gasteiger partial charge in [0.1, 0.15) is 18.1 Å². The van der Waals surface area contributed by atoms with Crippen LogP contribution in [-0.4, -0.2) is 49.8 Å². The highest BCUT2D eigenvalue weighted by molar-refractivity contribution is 5.91. The molecule has 0 radical (unpaired) electrons. The number of imidazole rings is 1. The Labute approximate surface area is 234 Å². The zero-order chi connectivity index (χ0) is 31.0. The Balaban J connectivity index is 1.67. The van der Waals surface area contributed by atoms with Crippen LogP contribution in [0.2, 0.25) is 0 Å². The number of hydrogen-bond donors (Lipinski definition) is 3. The van der Waals surface area contributed by atoms with Gasteiger partial charge in [-0.05, 0) is 49.4 Å². The van der Waals surface area contributed by atoms with Gasteiger partial charge in [0.25, 0.3) is 5.91 Å². The first kappa shape index (κ1) is 31.2. The van der Waals surface area contributed by atoms with Gasteiger partial charge in [-0.2, -0.15) is 31.4 Å². The zero-order valence-corrected chi connectivity index (χ0v) is 22.3. The Morgan fingerprint density at radius 1 is 1.12 bits per heavy atom. The summed E-state index contributed by atoms with van der Waals surface area (Å²) >= 11 is 0. The number of amides is 2. The van der Waals surface area contributed by atoms with Gasteiger partial charge >= 0.3 is 12.4 Å². The Kier molecular flexibility index (Phi) is 8.56. The van der Waals surface area contributed by atoms with Gasteiger partial charge in [-0.15, -0.1) is 0 Å². The van der Waals surface area contributed by atoms with Crippen molar-refractivity contribution in [1.29, 1.82) is 0 Å². The minimum atomic E-state index is -4.72. The summed E-state index contributed by atoms with van der Waals surface area (Å²) in [6, 6.07) is 5.22. The van der Waals surface area contributed by atoms with Crippen molar-refractivity contribution in [3.8, 4) is 0 Å². The average Bonchev–Trinajstić information content (AvgIpc) is 3.46. The van der Waals surface area contributed by atoms with Crippen molar-refractivity contribution in [3.05, 3.63) is 47.0 Å². The van der Waals surface area contributed by atoms with Gasteiger partial charge in [-0.1, -0.05) is 6.07 Å². The number of primary amides is 1.